The Morgan fingerprint density at radius 3 is 2.32 bits per heavy atom. The molecule has 1 aromatic carbocycles. The number of carbonyl (C=O) groups excluding carboxylic acids is 2. The fourth-order valence-electron chi connectivity index (χ4n) is 7.08. The molecule has 1 saturated carbocycles. The summed E-state index contributed by atoms with van der Waals surface area (Å²) in [6.45, 7) is 11.3. The molecular formula is C35H43ClF3N5O6. The molecule has 3 atom stereocenters. The van der Waals surface area contributed by atoms with Gasteiger partial charge in [-0.1, -0.05) is 30.7 Å². The third-order valence-electron chi connectivity index (χ3n) is 10.0. The highest BCUT2D eigenvalue weighted by Gasteiger charge is 2.68. The number of morpholine rings is 1. The Morgan fingerprint density at radius 2 is 1.74 bits per heavy atom. The number of benzene rings is 1. The van der Waals surface area contributed by atoms with E-state index in [2.05, 4.69) is 4.98 Å². The van der Waals surface area contributed by atoms with Gasteiger partial charge in [-0.2, -0.15) is 13.2 Å². The molecule has 0 radical (unpaired) electrons. The van der Waals surface area contributed by atoms with Crippen molar-refractivity contribution < 1.29 is 37.3 Å². The molecule has 2 amide bonds. The van der Waals surface area contributed by atoms with Crippen LogP contribution in [0.5, 0.6) is 0 Å². The summed E-state index contributed by atoms with van der Waals surface area (Å²) in [5, 5.41) is 11.8. The van der Waals surface area contributed by atoms with Crippen LogP contribution in [0, 0.1) is 11.3 Å². The SMILES string of the molecule is CC(C)(C)OC(=O)N1CC(C)(C)OC[C@@H]1c1ccc(-n2c(Cl)cc3c(=O)n(CC4(O)CCN(C(=O)[C@]5(C)C[C@H]5C(F)(F)F)CC4)cnc32)cc1. The van der Waals surface area contributed by atoms with Crippen molar-refractivity contribution in [2.45, 2.75) is 96.4 Å². The molecular weight excluding hydrogens is 679 g/mol. The van der Waals surface area contributed by atoms with Gasteiger partial charge in [-0.3, -0.25) is 23.6 Å². The zero-order valence-electron chi connectivity index (χ0n) is 29.0. The fraction of sp³-hybridized carbons (Fsp3) is 0.600. The number of ether oxygens (including phenoxy) is 2. The monoisotopic (exact) mass is 721 g/mol. The summed E-state index contributed by atoms with van der Waals surface area (Å²) in [4.78, 5) is 47.3. The summed E-state index contributed by atoms with van der Waals surface area (Å²) in [5.41, 5.74) is -2.70. The Labute approximate surface area is 292 Å². The van der Waals surface area contributed by atoms with Crippen molar-refractivity contribution in [3.05, 3.63) is 57.7 Å². The van der Waals surface area contributed by atoms with Crippen LogP contribution in [0.15, 0.2) is 41.5 Å². The second-order valence-electron chi connectivity index (χ2n) is 15.7. The van der Waals surface area contributed by atoms with Crippen molar-refractivity contribution in [3.8, 4) is 5.69 Å². The zero-order valence-corrected chi connectivity index (χ0v) is 29.8. The third-order valence-corrected chi connectivity index (χ3v) is 10.3. The summed E-state index contributed by atoms with van der Waals surface area (Å²) in [6.07, 6.45) is -3.56. The standard InChI is InChI=1S/C35H43ClF3N5O6/c1-31(2,3)50-30(47)43-18-32(4,5)49-17-24(43)21-7-9-22(10-8-21)44-26(36)15-23-27(44)40-20-42(28(23)45)19-34(48)11-13-41(14-12-34)29(46)33(6)16-25(33)35(37,38)39/h7-10,15,20,24-25,48H,11-14,16-19H2,1-6H3/t24-,25-,33-/m1/s1. The molecule has 15 heteroatoms. The molecule has 6 rings (SSSR count). The highest BCUT2D eigenvalue weighted by molar-refractivity contribution is 6.31. The number of hydrogen-bond acceptors (Lipinski definition) is 7. The number of aromatic nitrogens is 3. The lowest BCUT2D eigenvalue weighted by Gasteiger charge is -2.44. The number of alkyl halides is 3. The number of carbonyl (C=O) groups is 2. The average Bonchev–Trinajstić information content (AvgIpc) is 3.62. The second kappa shape index (κ2) is 12.3. The molecule has 3 fully saturated rings. The molecule has 0 unspecified atom stereocenters. The molecule has 4 heterocycles. The van der Waals surface area contributed by atoms with Crippen LogP contribution >= 0.6 is 11.6 Å². The van der Waals surface area contributed by atoms with Gasteiger partial charge < -0.3 is 19.5 Å². The van der Waals surface area contributed by atoms with E-state index in [4.69, 9.17) is 21.1 Å². The van der Waals surface area contributed by atoms with Gasteiger partial charge in [0.05, 0.1) is 53.7 Å². The van der Waals surface area contributed by atoms with Crippen molar-refractivity contribution in [2.24, 2.45) is 11.3 Å². The van der Waals surface area contributed by atoms with Gasteiger partial charge in [0.15, 0.2) is 5.65 Å². The van der Waals surface area contributed by atoms with Gasteiger partial charge in [-0.25, -0.2) is 9.78 Å². The predicted octanol–water partition coefficient (Wildman–Crippen LogP) is 5.87. The van der Waals surface area contributed by atoms with Crippen molar-refractivity contribution >= 4 is 34.6 Å². The van der Waals surface area contributed by atoms with E-state index in [0.29, 0.717) is 17.9 Å². The quantitative estimate of drug-likeness (QED) is 0.350. The molecule has 272 valence electrons. The zero-order chi connectivity index (χ0) is 36.6. The minimum absolute atomic E-state index is 0.0817. The first-order valence-electron chi connectivity index (χ1n) is 16.7. The van der Waals surface area contributed by atoms with E-state index in [9.17, 15) is 32.7 Å². The molecule has 1 aliphatic carbocycles. The van der Waals surface area contributed by atoms with Crippen LogP contribution in [0.3, 0.4) is 0 Å². The Morgan fingerprint density at radius 1 is 1.10 bits per heavy atom. The molecule has 2 saturated heterocycles. The molecule has 0 bridgehead atoms. The Hall–Kier alpha value is -3.62. The first-order chi connectivity index (χ1) is 23.1. The fourth-order valence-corrected chi connectivity index (χ4v) is 7.37. The Bertz CT molecular complexity index is 1860. The van der Waals surface area contributed by atoms with Crippen LogP contribution in [-0.2, 0) is 20.8 Å². The number of aliphatic hydroxyl groups is 1. The van der Waals surface area contributed by atoms with Crippen LogP contribution < -0.4 is 5.56 Å². The molecule has 1 N–H and O–H groups in total. The molecule has 11 nitrogen and oxygen atoms in total. The first-order valence-corrected chi connectivity index (χ1v) is 17.1. The molecule has 3 aromatic rings. The summed E-state index contributed by atoms with van der Waals surface area (Å²) in [6, 6.07) is 8.48. The van der Waals surface area contributed by atoms with E-state index in [1.54, 1.807) is 9.47 Å². The summed E-state index contributed by atoms with van der Waals surface area (Å²) in [7, 11) is 0. The van der Waals surface area contributed by atoms with Crippen molar-refractivity contribution in [1.29, 1.82) is 0 Å². The first kappa shape index (κ1) is 36.2. The maximum absolute atomic E-state index is 13.6. The smallest absolute Gasteiger partial charge is 0.410 e. The number of amides is 2. The van der Waals surface area contributed by atoms with Gasteiger partial charge in [0.2, 0.25) is 5.91 Å². The highest BCUT2D eigenvalue weighted by Crippen LogP contribution is 2.61. The van der Waals surface area contributed by atoms with Crippen LogP contribution in [0.1, 0.15) is 72.4 Å². The van der Waals surface area contributed by atoms with Crippen molar-refractivity contribution in [2.75, 3.05) is 26.2 Å². The highest BCUT2D eigenvalue weighted by atomic mass is 35.5. The van der Waals surface area contributed by atoms with Crippen LogP contribution in [-0.4, -0.2) is 90.2 Å². The third kappa shape index (κ3) is 6.98. The normalized spacial score (nSPS) is 25.1. The summed E-state index contributed by atoms with van der Waals surface area (Å²) < 4.78 is 54.3. The maximum atomic E-state index is 13.6. The molecule has 3 aliphatic rings. The lowest BCUT2D eigenvalue weighted by Crippen LogP contribution is -2.53. The van der Waals surface area contributed by atoms with E-state index in [1.165, 1.54) is 28.8 Å². The number of piperidine rings is 1. The van der Waals surface area contributed by atoms with E-state index in [1.807, 2.05) is 58.9 Å². The predicted molar refractivity (Wildman–Crippen MR) is 179 cm³/mol. The van der Waals surface area contributed by atoms with Gasteiger partial charge in [-0.15, -0.1) is 0 Å². The largest absolute Gasteiger partial charge is 0.444 e. The van der Waals surface area contributed by atoms with Crippen LogP contribution in [0.2, 0.25) is 5.15 Å². The number of nitrogens with zero attached hydrogens (tertiary/aromatic N) is 5. The van der Waals surface area contributed by atoms with E-state index in [0.717, 1.165) is 5.56 Å². The van der Waals surface area contributed by atoms with Gasteiger partial charge in [0.25, 0.3) is 5.56 Å². The summed E-state index contributed by atoms with van der Waals surface area (Å²) in [5.74, 6) is -2.20. The molecule has 2 aliphatic heterocycles. The van der Waals surface area contributed by atoms with Gasteiger partial charge in [0.1, 0.15) is 17.1 Å². The number of hydrogen-bond donors (Lipinski definition) is 1. The minimum Gasteiger partial charge on any atom is -0.444 e. The van der Waals surface area contributed by atoms with Crippen LogP contribution in [0.4, 0.5) is 18.0 Å². The lowest BCUT2D eigenvalue weighted by molar-refractivity contribution is -0.165. The van der Waals surface area contributed by atoms with Crippen LogP contribution in [0.25, 0.3) is 16.7 Å². The molecule has 2 aromatic heterocycles. The van der Waals surface area contributed by atoms with E-state index >= 15 is 0 Å². The van der Waals surface area contributed by atoms with Gasteiger partial charge in [0, 0.05) is 18.8 Å². The van der Waals surface area contributed by atoms with Gasteiger partial charge >= 0.3 is 12.3 Å². The topological polar surface area (TPSA) is 119 Å². The van der Waals surface area contributed by atoms with E-state index in [-0.39, 0.29) is 56.0 Å². The number of rotatable bonds is 5. The van der Waals surface area contributed by atoms with Crippen molar-refractivity contribution in [1.82, 2.24) is 23.9 Å². The van der Waals surface area contributed by atoms with Gasteiger partial charge in [-0.05, 0) is 77.6 Å². The second-order valence-corrected chi connectivity index (χ2v) is 16.1. The molecule has 0 spiro atoms. The molecule has 50 heavy (non-hydrogen) atoms. The maximum Gasteiger partial charge on any atom is 0.410 e. The average molecular weight is 722 g/mol. The number of fused-ring (bicyclic) bond motifs is 1. The van der Waals surface area contributed by atoms with Crippen molar-refractivity contribution in [3.63, 3.8) is 0 Å². The minimum atomic E-state index is -4.42. The Balaban J connectivity index is 1.17. The Kier molecular flexibility index (Phi) is 8.87. The lowest BCUT2D eigenvalue weighted by atomic mass is 9.90. The summed E-state index contributed by atoms with van der Waals surface area (Å²) >= 11 is 6.65. The number of likely N-dealkylation sites (tertiary alicyclic amines) is 1. The number of halogens is 4. The van der Waals surface area contributed by atoms with E-state index < -0.39 is 57.9 Å².